The van der Waals surface area contributed by atoms with E-state index < -0.39 is 0 Å². The highest BCUT2D eigenvalue weighted by atomic mass is 32.1. The van der Waals surface area contributed by atoms with Crippen LogP contribution in [0.1, 0.15) is 41.2 Å². The van der Waals surface area contributed by atoms with Crippen LogP contribution in [-0.2, 0) is 4.74 Å². The van der Waals surface area contributed by atoms with Crippen LogP contribution >= 0.6 is 11.3 Å². The molecule has 0 spiro atoms. The quantitative estimate of drug-likeness (QED) is 0.607. The second kappa shape index (κ2) is 8.29. The highest BCUT2D eigenvalue weighted by Crippen LogP contribution is 2.29. The van der Waals surface area contributed by atoms with Gasteiger partial charge in [0.2, 0.25) is 0 Å². The van der Waals surface area contributed by atoms with Gasteiger partial charge in [-0.3, -0.25) is 4.79 Å². The maximum atomic E-state index is 12.9. The molecule has 5 nitrogen and oxygen atoms in total. The molecule has 2 heterocycles. The van der Waals surface area contributed by atoms with Gasteiger partial charge in [0.1, 0.15) is 17.4 Å². The zero-order valence-corrected chi connectivity index (χ0v) is 16.9. The van der Waals surface area contributed by atoms with E-state index in [9.17, 15) is 4.79 Å². The third kappa shape index (κ3) is 4.03. The zero-order valence-electron chi connectivity index (χ0n) is 16.1. The molecular formula is C22H24N2O3S. The number of ether oxygens (including phenoxy) is 2. The van der Waals surface area contributed by atoms with E-state index in [1.807, 2.05) is 56.4 Å². The summed E-state index contributed by atoms with van der Waals surface area (Å²) in [6.07, 6.45) is 2.33. The predicted octanol–water partition coefficient (Wildman–Crippen LogP) is 4.69. The molecule has 2 atom stereocenters. The predicted molar refractivity (Wildman–Crippen MR) is 111 cm³/mol. The number of fused-ring (bicyclic) bond motifs is 1. The fraction of sp³-hybridized carbons (Fsp3) is 0.364. The Morgan fingerprint density at radius 1 is 1.29 bits per heavy atom. The van der Waals surface area contributed by atoms with Crippen LogP contribution in [-0.4, -0.2) is 42.2 Å². The monoisotopic (exact) mass is 396 g/mol. The van der Waals surface area contributed by atoms with Crippen molar-refractivity contribution in [2.45, 2.75) is 31.9 Å². The Morgan fingerprint density at radius 2 is 2.07 bits per heavy atom. The summed E-state index contributed by atoms with van der Waals surface area (Å²) in [5.41, 5.74) is 1.61. The van der Waals surface area contributed by atoms with Crippen molar-refractivity contribution in [3.05, 3.63) is 59.1 Å². The first-order chi connectivity index (χ1) is 13.6. The van der Waals surface area contributed by atoms with E-state index in [1.165, 1.54) is 0 Å². The molecule has 1 aliphatic rings. The fourth-order valence-corrected chi connectivity index (χ4v) is 4.34. The maximum Gasteiger partial charge on any atom is 0.254 e. The molecule has 0 unspecified atom stereocenters. The van der Waals surface area contributed by atoms with Crippen LogP contribution in [0.3, 0.4) is 0 Å². The molecule has 1 fully saturated rings. The summed E-state index contributed by atoms with van der Waals surface area (Å²) in [4.78, 5) is 19.3. The number of carbonyl (C=O) groups is 1. The minimum atomic E-state index is -0.0969. The molecule has 0 aliphatic carbocycles. The molecule has 4 rings (SSSR count). The molecule has 146 valence electrons. The van der Waals surface area contributed by atoms with Crippen LogP contribution in [0.4, 0.5) is 0 Å². The standard InChI is InChI=1S/C22H24N2O3S/c1-15(21-23-19-7-3-4-8-20(19)28-21)24(2)22(25)16-9-11-17(12-10-16)27-14-18-6-5-13-26-18/h3-4,7-12,15,18H,5-6,13-14H2,1-2H3/t15-,18+/m1/s1. The SMILES string of the molecule is C[C@H](c1nc2ccccc2s1)N(C)C(=O)c1ccc(OC[C@@H]2CCCO2)cc1. The Balaban J connectivity index is 1.40. The Labute approximate surface area is 168 Å². The minimum absolute atomic E-state index is 0.0302. The van der Waals surface area contributed by atoms with E-state index in [4.69, 9.17) is 9.47 Å². The van der Waals surface area contributed by atoms with Crippen LogP contribution in [0.2, 0.25) is 0 Å². The summed E-state index contributed by atoms with van der Waals surface area (Å²) in [6, 6.07) is 15.3. The molecule has 0 bridgehead atoms. The van der Waals surface area contributed by atoms with Crippen LogP contribution in [0.25, 0.3) is 10.2 Å². The zero-order chi connectivity index (χ0) is 19.5. The van der Waals surface area contributed by atoms with Crippen molar-refractivity contribution < 1.29 is 14.3 Å². The van der Waals surface area contributed by atoms with E-state index in [1.54, 1.807) is 16.2 Å². The van der Waals surface area contributed by atoms with E-state index in [0.29, 0.717) is 12.2 Å². The minimum Gasteiger partial charge on any atom is -0.491 e. The topological polar surface area (TPSA) is 51.7 Å². The number of hydrogen-bond acceptors (Lipinski definition) is 5. The fourth-order valence-electron chi connectivity index (χ4n) is 3.27. The second-order valence-corrected chi connectivity index (χ2v) is 8.14. The lowest BCUT2D eigenvalue weighted by atomic mass is 10.1. The molecule has 1 aromatic heterocycles. The number of para-hydroxylation sites is 1. The third-order valence-corrected chi connectivity index (χ3v) is 6.34. The van der Waals surface area contributed by atoms with Gasteiger partial charge in [0, 0.05) is 19.2 Å². The van der Waals surface area contributed by atoms with Gasteiger partial charge in [0.15, 0.2) is 0 Å². The van der Waals surface area contributed by atoms with Gasteiger partial charge < -0.3 is 14.4 Å². The van der Waals surface area contributed by atoms with Crippen molar-refractivity contribution in [1.29, 1.82) is 0 Å². The van der Waals surface area contributed by atoms with Gasteiger partial charge in [-0.1, -0.05) is 12.1 Å². The number of hydrogen-bond donors (Lipinski definition) is 0. The van der Waals surface area contributed by atoms with Crippen LogP contribution < -0.4 is 4.74 Å². The van der Waals surface area contributed by atoms with Crippen molar-refractivity contribution in [1.82, 2.24) is 9.88 Å². The molecule has 3 aromatic rings. The molecule has 1 saturated heterocycles. The summed E-state index contributed by atoms with van der Waals surface area (Å²) < 4.78 is 12.5. The molecule has 0 radical (unpaired) electrons. The summed E-state index contributed by atoms with van der Waals surface area (Å²) in [7, 11) is 1.82. The van der Waals surface area contributed by atoms with Crippen molar-refractivity contribution >= 4 is 27.5 Å². The third-order valence-electron chi connectivity index (χ3n) is 5.13. The Morgan fingerprint density at radius 3 is 2.79 bits per heavy atom. The lowest BCUT2D eigenvalue weighted by molar-refractivity contribution is 0.0678. The van der Waals surface area contributed by atoms with Crippen molar-refractivity contribution in [2.75, 3.05) is 20.3 Å². The van der Waals surface area contributed by atoms with Gasteiger partial charge in [0.25, 0.3) is 5.91 Å². The molecule has 2 aromatic carbocycles. The average molecular weight is 397 g/mol. The van der Waals surface area contributed by atoms with Crippen LogP contribution in [0.5, 0.6) is 5.75 Å². The first-order valence-electron chi connectivity index (χ1n) is 9.59. The smallest absolute Gasteiger partial charge is 0.254 e. The second-order valence-electron chi connectivity index (χ2n) is 7.08. The van der Waals surface area contributed by atoms with E-state index in [2.05, 4.69) is 11.1 Å². The Hall–Kier alpha value is -2.44. The van der Waals surface area contributed by atoms with Gasteiger partial charge in [-0.25, -0.2) is 4.98 Å². The summed E-state index contributed by atoms with van der Waals surface area (Å²) in [5.74, 6) is 0.728. The molecule has 6 heteroatoms. The average Bonchev–Trinajstić information content (AvgIpc) is 3.40. The van der Waals surface area contributed by atoms with Gasteiger partial charge in [-0.05, 0) is 56.2 Å². The van der Waals surface area contributed by atoms with Gasteiger partial charge >= 0.3 is 0 Å². The van der Waals surface area contributed by atoms with E-state index >= 15 is 0 Å². The molecule has 1 aliphatic heterocycles. The highest BCUT2D eigenvalue weighted by Gasteiger charge is 2.22. The maximum absolute atomic E-state index is 12.9. The van der Waals surface area contributed by atoms with Crippen molar-refractivity contribution in [3.63, 3.8) is 0 Å². The number of amides is 1. The lowest BCUT2D eigenvalue weighted by Gasteiger charge is -2.23. The molecule has 1 amide bonds. The van der Waals surface area contributed by atoms with E-state index in [0.717, 1.165) is 40.4 Å². The molecule has 28 heavy (non-hydrogen) atoms. The van der Waals surface area contributed by atoms with Crippen molar-refractivity contribution in [3.8, 4) is 5.75 Å². The molecule has 0 N–H and O–H groups in total. The van der Waals surface area contributed by atoms with Crippen LogP contribution in [0.15, 0.2) is 48.5 Å². The summed E-state index contributed by atoms with van der Waals surface area (Å²) >= 11 is 1.63. The van der Waals surface area contributed by atoms with Gasteiger partial charge in [-0.15, -0.1) is 11.3 Å². The normalized spacial score (nSPS) is 17.6. The first-order valence-corrected chi connectivity index (χ1v) is 10.4. The Bertz CT molecular complexity index is 915. The number of nitrogens with zero attached hydrogens (tertiary/aromatic N) is 2. The van der Waals surface area contributed by atoms with Gasteiger partial charge in [-0.2, -0.15) is 0 Å². The first kappa shape index (κ1) is 18.9. The summed E-state index contributed by atoms with van der Waals surface area (Å²) in [6.45, 7) is 3.39. The number of rotatable bonds is 6. The lowest BCUT2D eigenvalue weighted by Crippen LogP contribution is -2.29. The van der Waals surface area contributed by atoms with Gasteiger partial charge in [0.05, 0.1) is 22.4 Å². The number of carbonyl (C=O) groups excluding carboxylic acids is 1. The van der Waals surface area contributed by atoms with E-state index in [-0.39, 0.29) is 18.1 Å². The Kier molecular flexibility index (Phi) is 5.59. The number of aromatic nitrogens is 1. The summed E-state index contributed by atoms with van der Waals surface area (Å²) in [5, 5.41) is 0.938. The number of benzene rings is 2. The largest absolute Gasteiger partial charge is 0.491 e. The molecule has 0 saturated carbocycles. The van der Waals surface area contributed by atoms with Crippen molar-refractivity contribution in [2.24, 2.45) is 0 Å². The van der Waals surface area contributed by atoms with Crippen LogP contribution in [0, 0.1) is 0 Å². The highest BCUT2D eigenvalue weighted by molar-refractivity contribution is 7.18. The molecular weight excluding hydrogens is 372 g/mol. The number of thiazole rings is 1.